The Morgan fingerprint density at radius 1 is 1.40 bits per heavy atom. The van der Waals surface area contributed by atoms with Gasteiger partial charge in [0.25, 0.3) is 0 Å². The highest BCUT2D eigenvalue weighted by Gasteiger charge is 2.28. The Labute approximate surface area is 120 Å². The zero-order valence-electron chi connectivity index (χ0n) is 12.2. The van der Waals surface area contributed by atoms with Gasteiger partial charge in [-0.3, -0.25) is 0 Å². The van der Waals surface area contributed by atoms with E-state index >= 15 is 0 Å². The first-order valence-corrected chi connectivity index (χ1v) is 7.67. The fraction of sp³-hybridized carbons (Fsp3) is 0.625. The average Bonchev–Trinajstić information content (AvgIpc) is 2.94. The van der Waals surface area contributed by atoms with E-state index in [2.05, 4.69) is 22.4 Å². The highest BCUT2D eigenvalue weighted by atomic mass is 15.2. The summed E-state index contributed by atoms with van der Waals surface area (Å²) in [6.45, 7) is 1.98. The summed E-state index contributed by atoms with van der Waals surface area (Å²) in [6, 6.07) is 4.92. The summed E-state index contributed by atoms with van der Waals surface area (Å²) in [5, 5.41) is 12.7. The smallest absolute Gasteiger partial charge is 0.147 e. The largest absolute Gasteiger partial charge is 0.351 e. The van der Waals surface area contributed by atoms with Crippen LogP contribution in [0.5, 0.6) is 0 Å². The van der Waals surface area contributed by atoms with Crippen molar-refractivity contribution in [1.29, 1.82) is 5.26 Å². The molecule has 1 fully saturated rings. The molecule has 1 N–H and O–H groups in total. The summed E-state index contributed by atoms with van der Waals surface area (Å²) in [7, 11) is 1.99. The number of nitrogens with one attached hydrogen (secondary N) is 1. The van der Waals surface area contributed by atoms with E-state index in [1.165, 1.54) is 36.9 Å². The molecule has 20 heavy (non-hydrogen) atoms. The Balaban J connectivity index is 1.97. The summed E-state index contributed by atoms with van der Waals surface area (Å²) in [5.41, 5.74) is 3.27. The Morgan fingerprint density at radius 3 is 3.05 bits per heavy atom. The Kier molecular flexibility index (Phi) is 3.88. The number of anilines is 1. The average molecular weight is 270 g/mol. The number of fused-ring (bicyclic) bond motifs is 1. The summed E-state index contributed by atoms with van der Waals surface area (Å²) < 4.78 is 0. The van der Waals surface area contributed by atoms with Gasteiger partial charge in [0.05, 0.1) is 5.56 Å². The number of rotatable bonds is 3. The highest BCUT2D eigenvalue weighted by Crippen LogP contribution is 2.30. The lowest BCUT2D eigenvalue weighted by molar-refractivity contribution is 0.607. The molecule has 1 unspecified atom stereocenters. The molecule has 4 nitrogen and oxygen atoms in total. The van der Waals surface area contributed by atoms with Crippen LogP contribution in [0.1, 0.15) is 42.5 Å². The molecular weight excluding hydrogens is 248 g/mol. The van der Waals surface area contributed by atoms with Crippen LogP contribution in [-0.2, 0) is 12.8 Å². The first kappa shape index (κ1) is 13.4. The quantitative estimate of drug-likeness (QED) is 0.913. The van der Waals surface area contributed by atoms with Crippen LogP contribution < -0.4 is 10.2 Å². The zero-order chi connectivity index (χ0) is 13.9. The minimum absolute atomic E-state index is 0.473. The number of nitriles is 1. The van der Waals surface area contributed by atoms with Gasteiger partial charge >= 0.3 is 0 Å². The van der Waals surface area contributed by atoms with Gasteiger partial charge in [-0.25, -0.2) is 4.98 Å². The molecule has 0 amide bonds. The van der Waals surface area contributed by atoms with Crippen molar-refractivity contribution in [3.63, 3.8) is 0 Å². The number of pyridine rings is 1. The standard InChI is InChI=1S/C16H22N4/c1-18-11-14-6-4-8-20(14)16-13(10-17)9-12-5-2-3-7-15(12)19-16/h9,14,18H,2-8,11H2,1H3. The zero-order valence-corrected chi connectivity index (χ0v) is 12.2. The van der Waals surface area contributed by atoms with Crippen molar-refractivity contribution in [1.82, 2.24) is 10.3 Å². The normalized spacial score (nSPS) is 21.6. The molecule has 1 atom stereocenters. The number of hydrogen-bond acceptors (Lipinski definition) is 4. The second kappa shape index (κ2) is 5.80. The summed E-state index contributed by atoms with van der Waals surface area (Å²) in [6.07, 6.45) is 6.98. The predicted molar refractivity (Wildman–Crippen MR) is 79.9 cm³/mol. The van der Waals surface area contributed by atoms with Gasteiger partial charge in [-0.1, -0.05) is 0 Å². The molecule has 2 heterocycles. The van der Waals surface area contributed by atoms with Crippen molar-refractivity contribution in [3.05, 3.63) is 22.9 Å². The number of nitrogens with zero attached hydrogens (tertiary/aromatic N) is 3. The molecule has 0 spiro atoms. The molecule has 0 saturated carbocycles. The molecule has 1 aliphatic heterocycles. The van der Waals surface area contributed by atoms with Crippen molar-refractivity contribution in [2.45, 2.75) is 44.6 Å². The van der Waals surface area contributed by atoms with Crippen molar-refractivity contribution in [2.24, 2.45) is 0 Å². The van der Waals surface area contributed by atoms with E-state index in [0.29, 0.717) is 6.04 Å². The molecule has 1 aromatic heterocycles. The van der Waals surface area contributed by atoms with E-state index in [1.54, 1.807) is 0 Å². The summed E-state index contributed by atoms with van der Waals surface area (Å²) in [5.74, 6) is 0.922. The second-order valence-corrected chi connectivity index (χ2v) is 5.83. The Hall–Kier alpha value is -1.60. The SMILES string of the molecule is CNCC1CCCN1c1nc2c(cc1C#N)CCCC2. The number of aromatic nitrogens is 1. The molecule has 0 bridgehead atoms. The third kappa shape index (κ3) is 2.38. The first-order chi connectivity index (χ1) is 9.83. The van der Waals surface area contributed by atoms with Gasteiger partial charge in [0.1, 0.15) is 11.9 Å². The molecule has 4 heteroatoms. The third-order valence-corrected chi connectivity index (χ3v) is 4.49. The minimum atomic E-state index is 0.473. The molecule has 3 rings (SSSR count). The molecule has 1 aromatic rings. The van der Waals surface area contributed by atoms with E-state index in [4.69, 9.17) is 4.98 Å². The summed E-state index contributed by atoms with van der Waals surface area (Å²) >= 11 is 0. The molecule has 0 radical (unpaired) electrons. The van der Waals surface area contributed by atoms with Crippen LogP contribution in [0.2, 0.25) is 0 Å². The third-order valence-electron chi connectivity index (χ3n) is 4.49. The lowest BCUT2D eigenvalue weighted by Crippen LogP contribution is -2.38. The fourth-order valence-electron chi connectivity index (χ4n) is 3.49. The van der Waals surface area contributed by atoms with Crippen LogP contribution in [0, 0.1) is 11.3 Å². The van der Waals surface area contributed by atoms with Crippen molar-refractivity contribution in [3.8, 4) is 6.07 Å². The van der Waals surface area contributed by atoms with Crippen molar-refractivity contribution < 1.29 is 0 Å². The van der Waals surface area contributed by atoms with Crippen LogP contribution in [0.4, 0.5) is 5.82 Å². The Bertz CT molecular complexity index is 532. The topological polar surface area (TPSA) is 52.0 Å². The minimum Gasteiger partial charge on any atom is -0.351 e. The lowest BCUT2D eigenvalue weighted by Gasteiger charge is -2.28. The molecule has 106 valence electrons. The predicted octanol–water partition coefficient (Wildman–Crippen LogP) is 2.02. The number of hydrogen-bond donors (Lipinski definition) is 1. The first-order valence-electron chi connectivity index (χ1n) is 7.67. The van der Waals surface area contributed by atoms with E-state index in [0.717, 1.165) is 37.3 Å². The highest BCUT2D eigenvalue weighted by molar-refractivity contribution is 5.57. The van der Waals surface area contributed by atoms with E-state index < -0.39 is 0 Å². The van der Waals surface area contributed by atoms with Gasteiger partial charge in [0, 0.05) is 24.8 Å². The van der Waals surface area contributed by atoms with Gasteiger partial charge in [-0.2, -0.15) is 5.26 Å². The monoisotopic (exact) mass is 270 g/mol. The van der Waals surface area contributed by atoms with Crippen LogP contribution in [0.25, 0.3) is 0 Å². The summed E-state index contributed by atoms with van der Waals surface area (Å²) in [4.78, 5) is 7.21. The van der Waals surface area contributed by atoms with E-state index in [1.807, 2.05) is 7.05 Å². The van der Waals surface area contributed by atoms with Crippen molar-refractivity contribution >= 4 is 5.82 Å². The maximum Gasteiger partial charge on any atom is 0.147 e. The van der Waals surface area contributed by atoms with E-state index in [9.17, 15) is 5.26 Å². The van der Waals surface area contributed by atoms with Crippen molar-refractivity contribution in [2.75, 3.05) is 25.0 Å². The van der Waals surface area contributed by atoms with Gasteiger partial charge in [0.2, 0.25) is 0 Å². The number of likely N-dealkylation sites (N-methyl/N-ethyl adjacent to an activating group) is 1. The lowest BCUT2D eigenvalue weighted by atomic mass is 9.95. The molecule has 1 aliphatic carbocycles. The van der Waals surface area contributed by atoms with Gasteiger partial charge in [0.15, 0.2) is 0 Å². The van der Waals surface area contributed by atoms with Gasteiger partial charge in [-0.05, 0) is 57.2 Å². The molecule has 1 saturated heterocycles. The Morgan fingerprint density at radius 2 is 2.25 bits per heavy atom. The van der Waals surface area contributed by atoms with Gasteiger partial charge < -0.3 is 10.2 Å². The van der Waals surface area contributed by atoms with E-state index in [-0.39, 0.29) is 0 Å². The maximum atomic E-state index is 9.46. The fourth-order valence-corrected chi connectivity index (χ4v) is 3.49. The second-order valence-electron chi connectivity index (χ2n) is 5.83. The van der Waals surface area contributed by atoms with Crippen LogP contribution in [0.3, 0.4) is 0 Å². The van der Waals surface area contributed by atoms with Crippen LogP contribution in [-0.4, -0.2) is 31.2 Å². The van der Waals surface area contributed by atoms with Crippen LogP contribution >= 0.6 is 0 Å². The van der Waals surface area contributed by atoms with Gasteiger partial charge in [-0.15, -0.1) is 0 Å². The number of aryl methyl sites for hydroxylation is 2. The molecular formula is C16H22N4. The maximum absolute atomic E-state index is 9.46. The molecule has 2 aliphatic rings. The molecule has 0 aromatic carbocycles. The van der Waals surface area contributed by atoms with Crippen LogP contribution in [0.15, 0.2) is 6.07 Å².